The van der Waals surface area contributed by atoms with Crippen molar-refractivity contribution in [3.8, 4) is 5.06 Å². The lowest BCUT2D eigenvalue weighted by molar-refractivity contribution is -0.123. The highest BCUT2D eigenvalue weighted by Crippen LogP contribution is 2.48. The van der Waals surface area contributed by atoms with E-state index in [1.807, 2.05) is 43.9 Å². The van der Waals surface area contributed by atoms with Crippen molar-refractivity contribution < 1.29 is 9.53 Å². The maximum atomic E-state index is 12.6. The minimum Gasteiger partial charge on any atom is -0.484 e. The van der Waals surface area contributed by atoms with Gasteiger partial charge in [0.05, 0.1) is 24.4 Å². The normalized spacial score (nSPS) is 20.1. The van der Waals surface area contributed by atoms with Gasteiger partial charge in [-0.1, -0.05) is 12.1 Å². The van der Waals surface area contributed by atoms with Crippen LogP contribution in [-0.2, 0) is 11.8 Å². The van der Waals surface area contributed by atoms with Gasteiger partial charge < -0.3 is 10.1 Å². The number of carbonyl (C=O) groups is 1. The van der Waals surface area contributed by atoms with Gasteiger partial charge in [0.15, 0.2) is 5.06 Å². The highest BCUT2D eigenvalue weighted by molar-refractivity contribution is 7.13. The Morgan fingerprint density at radius 3 is 3.08 bits per heavy atom. The molecule has 1 saturated carbocycles. The molecule has 3 atom stereocenters. The van der Waals surface area contributed by atoms with Crippen molar-refractivity contribution in [2.45, 2.75) is 32.2 Å². The molecule has 3 aromatic rings. The molecule has 0 radical (unpaired) electrons. The molecule has 136 valence electrons. The minimum atomic E-state index is 0.00232. The Labute approximate surface area is 157 Å². The van der Waals surface area contributed by atoms with E-state index in [1.165, 1.54) is 5.56 Å². The van der Waals surface area contributed by atoms with Crippen LogP contribution in [0.5, 0.6) is 5.06 Å². The molecule has 6 heteroatoms. The second-order valence-electron chi connectivity index (χ2n) is 6.86. The Bertz CT molecular complexity index is 946. The summed E-state index contributed by atoms with van der Waals surface area (Å²) in [5.41, 5.74) is 2.34. The number of carbonyl (C=O) groups excluding carboxylic acids is 1. The number of thiophene rings is 1. The van der Waals surface area contributed by atoms with Gasteiger partial charge in [-0.15, -0.1) is 11.3 Å². The van der Waals surface area contributed by atoms with E-state index in [9.17, 15) is 4.79 Å². The van der Waals surface area contributed by atoms with Crippen LogP contribution in [0, 0.1) is 5.92 Å². The number of nitrogens with one attached hydrogen (secondary N) is 1. The molecule has 5 nitrogen and oxygen atoms in total. The second kappa shape index (κ2) is 6.76. The summed E-state index contributed by atoms with van der Waals surface area (Å²) in [6, 6.07) is 10.4. The van der Waals surface area contributed by atoms with Gasteiger partial charge >= 0.3 is 0 Å². The number of nitrogens with zero attached hydrogens (tertiary/aromatic N) is 2. The zero-order chi connectivity index (χ0) is 18.3. The predicted molar refractivity (Wildman–Crippen MR) is 104 cm³/mol. The van der Waals surface area contributed by atoms with E-state index in [4.69, 9.17) is 4.74 Å². The van der Waals surface area contributed by atoms with Crippen LogP contribution < -0.4 is 10.1 Å². The van der Waals surface area contributed by atoms with Gasteiger partial charge in [0.2, 0.25) is 5.91 Å². The molecule has 1 aliphatic carbocycles. The van der Waals surface area contributed by atoms with E-state index < -0.39 is 0 Å². The van der Waals surface area contributed by atoms with Crippen molar-refractivity contribution in [3.63, 3.8) is 0 Å². The Morgan fingerprint density at radius 2 is 2.27 bits per heavy atom. The van der Waals surface area contributed by atoms with Crippen molar-refractivity contribution in [1.82, 2.24) is 15.1 Å². The first-order valence-corrected chi connectivity index (χ1v) is 9.83. The van der Waals surface area contributed by atoms with Crippen LogP contribution in [0.2, 0.25) is 0 Å². The number of aromatic nitrogens is 2. The fourth-order valence-corrected chi connectivity index (χ4v) is 4.34. The van der Waals surface area contributed by atoms with Crippen LogP contribution in [0.25, 0.3) is 10.9 Å². The maximum Gasteiger partial charge on any atom is 0.224 e. The van der Waals surface area contributed by atoms with E-state index >= 15 is 0 Å². The first kappa shape index (κ1) is 17.1. The standard InChI is InChI=1S/C20H23N3O2S/c1-4-25-19-8-7-18(26-19)12(2)22-20(24)16-10-15(16)13-5-6-14-11-21-23(3)17(14)9-13/h5-9,11-12,15-16H,4,10H2,1-3H3,(H,22,24)/t12-,15?,16?/m1/s1. The van der Waals surface area contributed by atoms with Gasteiger partial charge in [-0.2, -0.15) is 5.10 Å². The maximum absolute atomic E-state index is 12.6. The number of hydrogen-bond acceptors (Lipinski definition) is 4. The summed E-state index contributed by atoms with van der Waals surface area (Å²) in [6.45, 7) is 4.66. The van der Waals surface area contributed by atoms with Crippen LogP contribution in [-0.4, -0.2) is 22.3 Å². The summed E-state index contributed by atoms with van der Waals surface area (Å²) in [4.78, 5) is 13.8. The average Bonchev–Trinajstić information content (AvgIpc) is 3.16. The molecular weight excluding hydrogens is 346 g/mol. The summed E-state index contributed by atoms with van der Waals surface area (Å²) in [7, 11) is 1.95. The third-order valence-corrected chi connectivity index (χ3v) is 6.18. The molecule has 1 fully saturated rings. The number of rotatable bonds is 6. The molecule has 26 heavy (non-hydrogen) atoms. The van der Waals surface area contributed by atoms with E-state index in [0.717, 1.165) is 27.3 Å². The third-order valence-electron chi connectivity index (χ3n) is 5.00. The number of hydrogen-bond donors (Lipinski definition) is 1. The Morgan fingerprint density at radius 1 is 1.42 bits per heavy atom. The topological polar surface area (TPSA) is 56.1 Å². The monoisotopic (exact) mass is 369 g/mol. The van der Waals surface area contributed by atoms with Gasteiger partial charge in [0.1, 0.15) is 0 Å². The SMILES string of the molecule is CCOc1ccc([C@@H](C)NC(=O)C2CC2c2ccc3cnn(C)c3c2)s1. The smallest absolute Gasteiger partial charge is 0.224 e. The Hall–Kier alpha value is -2.34. The van der Waals surface area contributed by atoms with E-state index in [1.54, 1.807) is 11.3 Å². The highest BCUT2D eigenvalue weighted by atomic mass is 32.1. The molecule has 2 aromatic heterocycles. The fourth-order valence-electron chi connectivity index (χ4n) is 3.42. The van der Waals surface area contributed by atoms with Crippen molar-refractivity contribution in [2.75, 3.05) is 6.61 Å². The molecule has 1 N–H and O–H groups in total. The number of aryl methyl sites for hydroxylation is 1. The van der Waals surface area contributed by atoms with Crippen molar-refractivity contribution in [2.24, 2.45) is 13.0 Å². The molecule has 2 unspecified atom stereocenters. The van der Waals surface area contributed by atoms with Crippen molar-refractivity contribution in [3.05, 3.63) is 47.0 Å². The van der Waals surface area contributed by atoms with Gasteiger partial charge in [0, 0.05) is 23.2 Å². The largest absolute Gasteiger partial charge is 0.484 e. The Balaban J connectivity index is 1.40. The number of fused-ring (bicyclic) bond motifs is 1. The molecule has 1 aliphatic rings. The molecule has 0 bridgehead atoms. The highest BCUT2D eigenvalue weighted by Gasteiger charge is 2.44. The van der Waals surface area contributed by atoms with Crippen LogP contribution in [0.4, 0.5) is 0 Å². The average molecular weight is 369 g/mol. The molecule has 0 aliphatic heterocycles. The van der Waals surface area contributed by atoms with Crippen LogP contribution in [0.15, 0.2) is 36.5 Å². The molecule has 0 spiro atoms. The summed E-state index contributed by atoms with van der Waals surface area (Å²) in [5.74, 6) is 0.511. The van der Waals surface area contributed by atoms with Crippen LogP contribution >= 0.6 is 11.3 Å². The van der Waals surface area contributed by atoms with Crippen molar-refractivity contribution in [1.29, 1.82) is 0 Å². The number of benzene rings is 1. The van der Waals surface area contributed by atoms with Gasteiger partial charge in [-0.25, -0.2) is 0 Å². The molecule has 1 amide bonds. The Kier molecular flexibility index (Phi) is 4.44. The summed E-state index contributed by atoms with van der Waals surface area (Å²) in [6.07, 6.45) is 2.78. The van der Waals surface area contributed by atoms with E-state index in [2.05, 4.69) is 28.6 Å². The van der Waals surface area contributed by atoms with Gasteiger partial charge in [-0.3, -0.25) is 9.48 Å². The van der Waals surface area contributed by atoms with Gasteiger partial charge in [0.25, 0.3) is 0 Å². The van der Waals surface area contributed by atoms with Crippen LogP contribution in [0.1, 0.15) is 42.7 Å². The zero-order valence-electron chi connectivity index (χ0n) is 15.2. The van der Waals surface area contributed by atoms with E-state index in [-0.39, 0.29) is 17.9 Å². The van der Waals surface area contributed by atoms with Crippen LogP contribution in [0.3, 0.4) is 0 Å². The first-order valence-electron chi connectivity index (χ1n) is 9.01. The molecular formula is C20H23N3O2S. The molecule has 2 heterocycles. The zero-order valence-corrected chi connectivity index (χ0v) is 16.0. The number of ether oxygens (including phenoxy) is 1. The predicted octanol–water partition coefficient (Wildman–Crippen LogP) is 4.01. The summed E-state index contributed by atoms with van der Waals surface area (Å²) >= 11 is 1.59. The second-order valence-corrected chi connectivity index (χ2v) is 7.93. The van der Waals surface area contributed by atoms with Crippen molar-refractivity contribution >= 4 is 28.1 Å². The molecule has 1 aromatic carbocycles. The first-order chi connectivity index (χ1) is 12.6. The van der Waals surface area contributed by atoms with E-state index in [0.29, 0.717) is 12.5 Å². The summed E-state index contributed by atoms with van der Waals surface area (Å²) < 4.78 is 7.39. The molecule has 4 rings (SSSR count). The number of amides is 1. The minimum absolute atomic E-state index is 0.00232. The lowest BCUT2D eigenvalue weighted by atomic mass is 10.1. The van der Waals surface area contributed by atoms with Gasteiger partial charge in [-0.05, 0) is 49.9 Å². The third kappa shape index (κ3) is 3.21. The fraction of sp³-hybridized carbons (Fsp3) is 0.400. The quantitative estimate of drug-likeness (QED) is 0.714. The summed E-state index contributed by atoms with van der Waals surface area (Å²) in [5, 5.41) is 9.48. The lowest BCUT2D eigenvalue weighted by Crippen LogP contribution is -2.27. The molecule has 0 saturated heterocycles. The lowest BCUT2D eigenvalue weighted by Gasteiger charge is -2.12.